The second-order valence-electron chi connectivity index (χ2n) is 3.70. The van der Waals surface area contributed by atoms with Crippen LogP contribution in [0.2, 0.25) is 0 Å². The Morgan fingerprint density at radius 1 is 1.40 bits per heavy atom. The molecule has 0 aromatic rings. The Bertz CT molecular complexity index is 223. The Morgan fingerprint density at radius 3 is 2.80 bits per heavy atom. The van der Waals surface area contributed by atoms with Crippen LogP contribution in [0.3, 0.4) is 0 Å². The molecule has 1 saturated heterocycles. The first-order valence-electron chi connectivity index (χ1n) is 5.28. The zero-order valence-electron chi connectivity index (χ0n) is 8.70. The minimum Gasteiger partial charge on any atom is -0.481 e. The van der Waals surface area contributed by atoms with Crippen molar-refractivity contribution in [2.75, 3.05) is 13.2 Å². The van der Waals surface area contributed by atoms with Crippen LogP contribution in [0.25, 0.3) is 0 Å². The number of aliphatic carboxylic acids is 1. The van der Waals surface area contributed by atoms with Crippen molar-refractivity contribution in [3.05, 3.63) is 0 Å². The molecule has 1 heterocycles. The van der Waals surface area contributed by atoms with Crippen LogP contribution >= 0.6 is 0 Å². The lowest BCUT2D eigenvalue weighted by Gasteiger charge is -2.22. The van der Waals surface area contributed by atoms with Crippen LogP contribution in [-0.4, -0.2) is 36.2 Å². The van der Waals surface area contributed by atoms with Gasteiger partial charge < -0.3 is 15.2 Å². The average molecular weight is 215 g/mol. The van der Waals surface area contributed by atoms with Crippen LogP contribution in [0.15, 0.2) is 0 Å². The third-order valence-electron chi connectivity index (χ3n) is 2.37. The van der Waals surface area contributed by atoms with Crippen LogP contribution in [0.4, 0.5) is 0 Å². The molecule has 5 heteroatoms. The number of carboxylic acids is 1. The van der Waals surface area contributed by atoms with Gasteiger partial charge in [-0.1, -0.05) is 0 Å². The number of nitrogens with one attached hydrogen (secondary N) is 1. The van der Waals surface area contributed by atoms with E-state index >= 15 is 0 Å². The van der Waals surface area contributed by atoms with Crippen LogP contribution in [0.1, 0.15) is 32.1 Å². The molecule has 0 bridgehead atoms. The van der Waals surface area contributed by atoms with E-state index in [4.69, 9.17) is 9.84 Å². The molecule has 0 radical (unpaired) electrons. The standard InChI is InChI=1S/C10H17NO4/c12-9(7-10(13)14)11-5-4-8-3-1-2-6-15-8/h8H,1-7H2,(H,11,12)(H,13,14). The molecular formula is C10H17NO4. The highest BCUT2D eigenvalue weighted by Crippen LogP contribution is 2.14. The SMILES string of the molecule is O=C(O)CC(=O)NCCC1CCCCO1. The number of amides is 1. The molecule has 1 rings (SSSR count). The zero-order valence-corrected chi connectivity index (χ0v) is 8.70. The Balaban J connectivity index is 2.04. The molecule has 86 valence electrons. The first kappa shape index (κ1) is 12.0. The first-order chi connectivity index (χ1) is 7.18. The predicted molar refractivity (Wildman–Crippen MR) is 53.5 cm³/mol. The molecule has 0 aliphatic carbocycles. The van der Waals surface area contributed by atoms with E-state index in [9.17, 15) is 9.59 Å². The molecular weight excluding hydrogens is 198 g/mol. The largest absolute Gasteiger partial charge is 0.481 e. The van der Waals surface area contributed by atoms with E-state index in [0.717, 1.165) is 25.9 Å². The summed E-state index contributed by atoms with van der Waals surface area (Å²) < 4.78 is 5.47. The second-order valence-corrected chi connectivity index (χ2v) is 3.70. The lowest BCUT2D eigenvalue weighted by Crippen LogP contribution is -2.30. The van der Waals surface area contributed by atoms with Crippen LogP contribution < -0.4 is 5.32 Å². The highest BCUT2D eigenvalue weighted by Gasteiger charge is 2.14. The summed E-state index contributed by atoms with van der Waals surface area (Å²) in [7, 11) is 0. The highest BCUT2D eigenvalue weighted by atomic mass is 16.5. The van der Waals surface area contributed by atoms with Crippen molar-refractivity contribution in [1.82, 2.24) is 5.32 Å². The van der Waals surface area contributed by atoms with E-state index < -0.39 is 18.3 Å². The van der Waals surface area contributed by atoms with Crippen molar-refractivity contribution >= 4 is 11.9 Å². The second kappa shape index (κ2) is 6.40. The molecule has 15 heavy (non-hydrogen) atoms. The maximum absolute atomic E-state index is 11.0. The Labute approximate surface area is 88.8 Å². The van der Waals surface area contributed by atoms with E-state index in [1.807, 2.05) is 0 Å². The molecule has 0 aromatic carbocycles. The van der Waals surface area contributed by atoms with Crippen molar-refractivity contribution in [3.8, 4) is 0 Å². The van der Waals surface area contributed by atoms with E-state index in [1.165, 1.54) is 6.42 Å². The van der Waals surface area contributed by atoms with Gasteiger partial charge in [-0.25, -0.2) is 0 Å². The lowest BCUT2D eigenvalue weighted by atomic mass is 10.1. The van der Waals surface area contributed by atoms with Gasteiger partial charge in [-0.3, -0.25) is 9.59 Å². The van der Waals surface area contributed by atoms with Gasteiger partial charge in [0.25, 0.3) is 0 Å². The molecule has 1 amide bonds. The lowest BCUT2D eigenvalue weighted by molar-refractivity contribution is -0.140. The quantitative estimate of drug-likeness (QED) is 0.656. The smallest absolute Gasteiger partial charge is 0.312 e. The van der Waals surface area contributed by atoms with Gasteiger partial charge >= 0.3 is 5.97 Å². The molecule has 0 spiro atoms. The fourth-order valence-electron chi connectivity index (χ4n) is 1.61. The maximum atomic E-state index is 11.0. The molecule has 1 aliphatic heterocycles. The first-order valence-corrected chi connectivity index (χ1v) is 5.28. The van der Waals surface area contributed by atoms with E-state index in [-0.39, 0.29) is 6.10 Å². The Kier molecular flexibility index (Phi) is 5.10. The summed E-state index contributed by atoms with van der Waals surface area (Å²) in [6.45, 7) is 1.30. The molecule has 1 fully saturated rings. The van der Waals surface area contributed by atoms with Crippen molar-refractivity contribution < 1.29 is 19.4 Å². The van der Waals surface area contributed by atoms with E-state index in [2.05, 4.69) is 5.32 Å². The number of ether oxygens (including phenoxy) is 1. The summed E-state index contributed by atoms with van der Waals surface area (Å²) in [5.74, 6) is -1.53. The summed E-state index contributed by atoms with van der Waals surface area (Å²) in [5, 5.41) is 10.9. The van der Waals surface area contributed by atoms with Crippen LogP contribution in [0.5, 0.6) is 0 Å². The van der Waals surface area contributed by atoms with E-state index in [0.29, 0.717) is 6.54 Å². The van der Waals surface area contributed by atoms with Gasteiger partial charge in [-0.05, 0) is 25.7 Å². The molecule has 0 saturated carbocycles. The number of hydrogen-bond donors (Lipinski definition) is 2. The third-order valence-corrected chi connectivity index (χ3v) is 2.37. The summed E-state index contributed by atoms with van der Waals surface area (Å²) in [6.07, 6.45) is 3.87. The summed E-state index contributed by atoms with van der Waals surface area (Å²) >= 11 is 0. The summed E-state index contributed by atoms with van der Waals surface area (Å²) in [4.78, 5) is 21.2. The molecule has 0 aromatic heterocycles. The number of hydrogen-bond acceptors (Lipinski definition) is 3. The van der Waals surface area contributed by atoms with Crippen LogP contribution in [0, 0.1) is 0 Å². The number of carbonyl (C=O) groups excluding carboxylic acids is 1. The Hall–Kier alpha value is -1.10. The third kappa shape index (κ3) is 5.37. The summed E-state index contributed by atoms with van der Waals surface area (Å²) in [5.41, 5.74) is 0. The molecule has 2 N–H and O–H groups in total. The van der Waals surface area contributed by atoms with Crippen molar-refractivity contribution in [2.24, 2.45) is 0 Å². The van der Waals surface area contributed by atoms with Crippen molar-refractivity contribution in [2.45, 2.75) is 38.2 Å². The number of rotatable bonds is 5. The Morgan fingerprint density at radius 2 is 2.20 bits per heavy atom. The van der Waals surface area contributed by atoms with Crippen molar-refractivity contribution in [3.63, 3.8) is 0 Å². The van der Waals surface area contributed by atoms with Gasteiger partial charge in [-0.15, -0.1) is 0 Å². The van der Waals surface area contributed by atoms with Gasteiger partial charge in [0.15, 0.2) is 0 Å². The summed E-state index contributed by atoms with van der Waals surface area (Å²) in [6, 6.07) is 0. The van der Waals surface area contributed by atoms with Crippen LogP contribution in [-0.2, 0) is 14.3 Å². The number of carbonyl (C=O) groups is 2. The van der Waals surface area contributed by atoms with Gasteiger partial charge in [0.05, 0.1) is 6.10 Å². The fraction of sp³-hybridized carbons (Fsp3) is 0.800. The van der Waals surface area contributed by atoms with E-state index in [1.54, 1.807) is 0 Å². The normalized spacial score (nSPS) is 20.9. The predicted octanol–water partition coefficient (Wildman–Crippen LogP) is 0.536. The number of carboxylic acid groups (broad SMARTS) is 1. The van der Waals surface area contributed by atoms with Crippen molar-refractivity contribution in [1.29, 1.82) is 0 Å². The van der Waals surface area contributed by atoms with Gasteiger partial charge in [0, 0.05) is 13.2 Å². The van der Waals surface area contributed by atoms with Gasteiger partial charge in [0.2, 0.25) is 5.91 Å². The molecule has 1 aliphatic rings. The molecule has 5 nitrogen and oxygen atoms in total. The minimum absolute atomic E-state index is 0.226. The van der Waals surface area contributed by atoms with Gasteiger partial charge in [-0.2, -0.15) is 0 Å². The zero-order chi connectivity index (χ0) is 11.1. The fourth-order valence-corrected chi connectivity index (χ4v) is 1.61. The highest BCUT2D eigenvalue weighted by molar-refractivity contribution is 5.93. The van der Waals surface area contributed by atoms with Gasteiger partial charge in [0.1, 0.15) is 6.42 Å². The molecule has 1 unspecified atom stereocenters. The minimum atomic E-state index is -1.10. The topological polar surface area (TPSA) is 75.6 Å². The maximum Gasteiger partial charge on any atom is 0.312 e. The monoisotopic (exact) mass is 215 g/mol. The molecule has 1 atom stereocenters. The average Bonchev–Trinajstić information content (AvgIpc) is 2.18.